The average Bonchev–Trinajstić information content (AvgIpc) is 2.08. The monoisotopic (exact) mass is 170 g/mol. The lowest BCUT2D eigenvalue weighted by Gasteiger charge is -2.01. The highest BCUT2D eigenvalue weighted by Crippen LogP contribution is 2.20. The van der Waals surface area contributed by atoms with E-state index in [0.29, 0.717) is 13.0 Å². The Bertz CT molecular complexity index is 180. The molecule has 1 atom stereocenters. The fourth-order valence-corrected chi connectivity index (χ4v) is 1.90. The minimum absolute atomic E-state index is 0.511. The van der Waals surface area contributed by atoms with Crippen molar-refractivity contribution in [3.05, 3.63) is 0 Å². The van der Waals surface area contributed by atoms with Crippen LogP contribution in [0.15, 0.2) is 0 Å². The van der Waals surface area contributed by atoms with E-state index in [-0.39, 0.29) is 0 Å². The molecular weight excluding hydrogens is 164 g/mol. The van der Waals surface area contributed by atoms with Gasteiger partial charge in [0.1, 0.15) is 0 Å². The summed E-state index contributed by atoms with van der Waals surface area (Å²) in [4.78, 5) is 0. The van der Waals surface area contributed by atoms with Crippen molar-refractivity contribution in [2.75, 3.05) is 6.61 Å². The van der Waals surface area contributed by atoms with Crippen LogP contribution in [0.2, 0.25) is 0 Å². The van der Waals surface area contributed by atoms with E-state index in [4.69, 9.17) is 15.4 Å². The molecule has 0 radical (unpaired) electrons. The van der Waals surface area contributed by atoms with Crippen molar-refractivity contribution in [1.29, 1.82) is 0 Å². The smallest absolute Gasteiger partial charge is 0.259 e. The van der Waals surface area contributed by atoms with Crippen LogP contribution in [0.3, 0.4) is 0 Å². The van der Waals surface area contributed by atoms with E-state index in [0.717, 1.165) is 6.42 Å². The minimum atomic E-state index is -3.45. The summed E-state index contributed by atoms with van der Waals surface area (Å²) in [6.45, 7) is 0.511. The van der Waals surface area contributed by atoms with Crippen LogP contribution in [-0.2, 0) is 13.8 Å². The normalized spacial score (nSPS) is 28.8. The first kappa shape index (κ1) is 7.31. The quantitative estimate of drug-likeness (QED) is 0.544. The Morgan fingerprint density at radius 1 is 1.56 bits per heavy atom. The maximum atomic E-state index is 10.5. The number of hydrogen-bond acceptors (Lipinski definition) is 3. The van der Waals surface area contributed by atoms with Gasteiger partial charge in [-0.3, -0.25) is 0 Å². The van der Waals surface area contributed by atoms with Crippen molar-refractivity contribution in [1.82, 2.24) is 0 Å². The fraction of sp³-hybridized carbons (Fsp3) is 1.00. The molecule has 5 heteroatoms. The van der Waals surface area contributed by atoms with Crippen molar-refractivity contribution in [3.8, 4) is 0 Å². The average molecular weight is 171 g/mol. The molecule has 0 N–H and O–H groups in total. The second kappa shape index (κ2) is 2.44. The zero-order chi connectivity index (χ0) is 6.91. The summed E-state index contributed by atoms with van der Waals surface area (Å²) in [6.07, 6.45) is 1.32. The summed E-state index contributed by atoms with van der Waals surface area (Å²) < 4.78 is 25.7. The van der Waals surface area contributed by atoms with Gasteiger partial charge in [0.2, 0.25) is 0 Å². The SMILES string of the molecule is O=S(=O)(Cl)C1CCCO1. The van der Waals surface area contributed by atoms with Gasteiger partial charge in [-0.05, 0) is 12.8 Å². The molecule has 1 saturated heterocycles. The zero-order valence-electron chi connectivity index (χ0n) is 4.71. The highest BCUT2D eigenvalue weighted by molar-refractivity contribution is 8.14. The molecule has 0 aliphatic carbocycles. The van der Waals surface area contributed by atoms with Gasteiger partial charge in [-0.1, -0.05) is 0 Å². The minimum Gasteiger partial charge on any atom is -0.361 e. The largest absolute Gasteiger partial charge is 0.361 e. The van der Waals surface area contributed by atoms with Gasteiger partial charge < -0.3 is 4.74 Å². The summed E-state index contributed by atoms with van der Waals surface area (Å²) in [7, 11) is 1.53. The molecule has 1 fully saturated rings. The summed E-state index contributed by atoms with van der Waals surface area (Å²) in [5, 5.41) is 0. The first-order chi connectivity index (χ1) is 4.11. The van der Waals surface area contributed by atoms with E-state index in [1.165, 1.54) is 0 Å². The molecule has 0 bridgehead atoms. The van der Waals surface area contributed by atoms with E-state index in [2.05, 4.69) is 0 Å². The van der Waals surface area contributed by atoms with Crippen molar-refractivity contribution < 1.29 is 13.2 Å². The summed E-state index contributed by atoms with van der Waals surface area (Å²) in [5.41, 5.74) is -0.751. The Kier molecular flexibility index (Phi) is 1.98. The number of halogens is 1. The molecule has 54 valence electrons. The topological polar surface area (TPSA) is 43.4 Å². The molecule has 0 aromatic heterocycles. The second-order valence-corrected chi connectivity index (χ2v) is 4.69. The third kappa shape index (κ3) is 1.81. The first-order valence-corrected chi connectivity index (χ1v) is 5.03. The zero-order valence-corrected chi connectivity index (χ0v) is 6.28. The van der Waals surface area contributed by atoms with E-state index < -0.39 is 14.5 Å². The molecule has 1 rings (SSSR count). The Morgan fingerprint density at radius 3 is 2.44 bits per heavy atom. The number of hydrogen-bond donors (Lipinski definition) is 0. The molecule has 1 aliphatic heterocycles. The summed E-state index contributed by atoms with van der Waals surface area (Å²) in [6, 6.07) is 0. The lowest BCUT2D eigenvalue weighted by molar-refractivity contribution is 0.167. The van der Waals surface area contributed by atoms with E-state index in [1.54, 1.807) is 0 Å². The van der Waals surface area contributed by atoms with Gasteiger partial charge in [-0.25, -0.2) is 8.42 Å². The lowest BCUT2D eigenvalue weighted by atomic mass is 10.4. The molecule has 0 aromatic rings. The standard InChI is InChI=1S/C4H7ClO3S/c5-9(6,7)4-2-1-3-8-4/h4H,1-3H2. The third-order valence-electron chi connectivity index (χ3n) is 1.20. The molecule has 1 aliphatic rings. The lowest BCUT2D eigenvalue weighted by Crippen LogP contribution is -2.13. The first-order valence-electron chi connectivity index (χ1n) is 2.66. The molecule has 1 heterocycles. The van der Waals surface area contributed by atoms with Crippen LogP contribution in [0.25, 0.3) is 0 Å². The van der Waals surface area contributed by atoms with E-state index >= 15 is 0 Å². The molecule has 0 amide bonds. The van der Waals surface area contributed by atoms with Gasteiger partial charge >= 0.3 is 0 Å². The Labute approximate surface area is 58.4 Å². The highest BCUT2D eigenvalue weighted by atomic mass is 35.7. The predicted octanol–water partition coefficient (Wildman–Crippen LogP) is 0.692. The number of rotatable bonds is 1. The molecule has 0 spiro atoms. The second-order valence-electron chi connectivity index (χ2n) is 1.92. The van der Waals surface area contributed by atoms with Gasteiger partial charge in [0.15, 0.2) is 5.44 Å². The molecule has 3 nitrogen and oxygen atoms in total. The molecule has 0 saturated carbocycles. The van der Waals surface area contributed by atoms with Gasteiger partial charge in [-0.2, -0.15) is 0 Å². The van der Waals surface area contributed by atoms with Crippen LogP contribution in [0.5, 0.6) is 0 Å². The third-order valence-corrected chi connectivity index (χ3v) is 2.80. The Balaban J connectivity index is 2.63. The molecule has 1 unspecified atom stereocenters. The maximum Gasteiger partial charge on any atom is 0.259 e. The van der Waals surface area contributed by atoms with Crippen LogP contribution in [0, 0.1) is 0 Å². The molecular formula is C4H7ClO3S. The summed E-state index contributed by atoms with van der Waals surface area (Å²) in [5.74, 6) is 0. The fourth-order valence-electron chi connectivity index (χ4n) is 0.770. The number of ether oxygens (including phenoxy) is 1. The Hall–Kier alpha value is 0.200. The van der Waals surface area contributed by atoms with Crippen LogP contribution in [0.1, 0.15) is 12.8 Å². The van der Waals surface area contributed by atoms with E-state index in [1.807, 2.05) is 0 Å². The summed E-state index contributed by atoms with van der Waals surface area (Å²) >= 11 is 0. The van der Waals surface area contributed by atoms with Crippen molar-refractivity contribution in [2.45, 2.75) is 18.3 Å². The van der Waals surface area contributed by atoms with Crippen molar-refractivity contribution >= 4 is 19.7 Å². The molecule has 0 aromatic carbocycles. The van der Waals surface area contributed by atoms with Gasteiger partial charge in [0.05, 0.1) is 0 Å². The van der Waals surface area contributed by atoms with Crippen LogP contribution in [-0.4, -0.2) is 20.5 Å². The maximum absolute atomic E-state index is 10.5. The highest BCUT2D eigenvalue weighted by Gasteiger charge is 2.27. The van der Waals surface area contributed by atoms with Gasteiger partial charge in [0, 0.05) is 17.3 Å². The van der Waals surface area contributed by atoms with Crippen molar-refractivity contribution in [2.24, 2.45) is 0 Å². The van der Waals surface area contributed by atoms with Crippen LogP contribution >= 0.6 is 10.7 Å². The van der Waals surface area contributed by atoms with Crippen LogP contribution in [0.4, 0.5) is 0 Å². The van der Waals surface area contributed by atoms with Crippen molar-refractivity contribution in [3.63, 3.8) is 0 Å². The molecule has 9 heavy (non-hydrogen) atoms. The van der Waals surface area contributed by atoms with E-state index in [9.17, 15) is 8.42 Å². The van der Waals surface area contributed by atoms with Gasteiger partial charge in [-0.15, -0.1) is 0 Å². The predicted molar refractivity (Wildman–Crippen MR) is 33.7 cm³/mol. The van der Waals surface area contributed by atoms with Crippen LogP contribution < -0.4 is 0 Å². The van der Waals surface area contributed by atoms with Gasteiger partial charge in [0.25, 0.3) is 9.05 Å². The Morgan fingerprint density at radius 2 is 2.22 bits per heavy atom.